The number of hydrogen-bond acceptors (Lipinski definition) is 2. The molecule has 6 aromatic carbocycles. The first-order valence-electron chi connectivity index (χ1n) is 12.7. The van der Waals surface area contributed by atoms with E-state index in [1.807, 2.05) is 0 Å². The zero-order chi connectivity index (χ0) is 24.3. The summed E-state index contributed by atoms with van der Waals surface area (Å²) in [7, 11) is 0. The SMILES string of the molecule is c1ccc(N(c2ccccc2)c2ccc3oc4cc5c(cc4c3c2)-c2c(ccc3ccccc23)C5)cc1. The van der Waals surface area contributed by atoms with E-state index < -0.39 is 0 Å². The molecule has 0 radical (unpaired) electrons. The molecule has 174 valence electrons. The molecule has 37 heavy (non-hydrogen) atoms. The van der Waals surface area contributed by atoms with E-state index in [2.05, 4.69) is 132 Å². The first-order chi connectivity index (χ1) is 18.3. The predicted octanol–water partition coefficient (Wildman–Crippen LogP) is 9.78. The quantitative estimate of drug-likeness (QED) is 0.254. The average Bonchev–Trinajstić information content (AvgIpc) is 3.50. The Bertz CT molecular complexity index is 1910. The Labute approximate surface area is 215 Å². The van der Waals surface area contributed by atoms with Crippen molar-refractivity contribution in [3.63, 3.8) is 0 Å². The topological polar surface area (TPSA) is 16.4 Å². The van der Waals surface area contributed by atoms with Crippen LogP contribution < -0.4 is 4.90 Å². The molecular weight excluding hydrogens is 450 g/mol. The molecule has 0 aliphatic heterocycles. The van der Waals surface area contributed by atoms with Crippen LogP contribution in [-0.4, -0.2) is 0 Å². The van der Waals surface area contributed by atoms with Crippen LogP contribution in [0, 0.1) is 0 Å². The molecule has 0 saturated carbocycles. The summed E-state index contributed by atoms with van der Waals surface area (Å²) in [5.74, 6) is 0. The highest BCUT2D eigenvalue weighted by Crippen LogP contribution is 2.45. The molecule has 2 nitrogen and oxygen atoms in total. The van der Waals surface area contributed by atoms with Crippen molar-refractivity contribution in [1.29, 1.82) is 0 Å². The predicted molar refractivity (Wildman–Crippen MR) is 154 cm³/mol. The number of nitrogens with zero attached hydrogens (tertiary/aromatic N) is 1. The molecule has 2 heteroatoms. The van der Waals surface area contributed by atoms with E-state index in [1.54, 1.807) is 0 Å². The van der Waals surface area contributed by atoms with Gasteiger partial charge in [0.2, 0.25) is 0 Å². The molecule has 1 aliphatic rings. The van der Waals surface area contributed by atoms with Crippen molar-refractivity contribution in [2.45, 2.75) is 6.42 Å². The minimum absolute atomic E-state index is 0.918. The molecule has 1 aliphatic carbocycles. The number of anilines is 3. The van der Waals surface area contributed by atoms with Gasteiger partial charge in [0.05, 0.1) is 0 Å². The molecule has 0 unspecified atom stereocenters. The fourth-order valence-electron chi connectivity index (χ4n) is 5.96. The maximum atomic E-state index is 6.39. The van der Waals surface area contributed by atoms with Crippen molar-refractivity contribution in [3.8, 4) is 11.1 Å². The Kier molecular flexibility index (Phi) is 4.32. The Morgan fingerprint density at radius 3 is 1.97 bits per heavy atom. The number of hydrogen-bond donors (Lipinski definition) is 0. The second-order valence-corrected chi connectivity index (χ2v) is 9.79. The number of furan rings is 1. The Morgan fingerprint density at radius 2 is 1.19 bits per heavy atom. The Balaban J connectivity index is 1.35. The van der Waals surface area contributed by atoms with Crippen LogP contribution in [0.15, 0.2) is 132 Å². The molecule has 0 N–H and O–H groups in total. The standard InChI is InChI=1S/C35H23NO/c1-3-10-26(11-4-1)36(27-12-5-2-6-13-27)28-17-18-33-31(21-28)32-22-30-25(20-34(32)37-33)19-24-16-15-23-9-7-8-14-29(23)35(24)30/h1-18,20-22H,19H2. The lowest BCUT2D eigenvalue weighted by atomic mass is 9.97. The van der Waals surface area contributed by atoms with Crippen molar-refractivity contribution in [1.82, 2.24) is 0 Å². The van der Waals surface area contributed by atoms with Gasteiger partial charge in [0.25, 0.3) is 0 Å². The number of rotatable bonds is 3. The molecule has 1 aromatic heterocycles. The summed E-state index contributed by atoms with van der Waals surface area (Å²) in [6.45, 7) is 0. The first-order valence-corrected chi connectivity index (χ1v) is 12.7. The molecule has 1 heterocycles. The van der Waals surface area contributed by atoms with E-state index in [1.165, 1.54) is 33.0 Å². The van der Waals surface area contributed by atoms with Gasteiger partial charge in [-0.3, -0.25) is 0 Å². The van der Waals surface area contributed by atoms with Crippen molar-refractivity contribution in [2.75, 3.05) is 4.90 Å². The van der Waals surface area contributed by atoms with Crippen LogP contribution in [0.3, 0.4) is 0 Å². The molecular formula is C35H23NO. The largest absolute Gasteiger partial charge is 0.456 e. The van der Waals surface area contributed by atoms with E-state index in [0.717, 1.165) is 45.4 Å². The molecule has 8 rings (SSSR count). The van der Waals surface area contributed by atoms with Gasteiger partial charge in [0.15, 0.2) is 0 Å². The summed E-state index contributed by atoms with van der Waals surface area (Å²) in [6, 6.07) is 45.4. The molecule has 7 aromatic rings. The van der Waals surface area contributed by atoms with Crippen LogP contribution >= 0.6 is 0 Å². The van der Waals surface area contributed by atoms with Gasteiger partial charge in [0, 0.05) is 27.8 Å². The summed E-state index contributed by atoms with van der Waals surface area (Å²) in [5.41, 5.74) is 10.7. The van der Waals surface area contributed by atoms with Gasteiger partial charge < -0.3 is 9.32 Å². The molecule has 0 spiro atoms. The third-order valence-electron chi connectivity index (χ3n) is 7.63. The first kappa shape index (κ1) is 20.4. The highest BCUT2D eigenvalue weighted by Gasteiger charge is 2.23. The van der Waals surface area contributed by atoms with E-state index in [-0.39, 0.29) is 0 Å². The lowest BCUT2D eigenvalue weighted by molar-refractivity contribution is 0.668. The highest BCUT2D eigenvalue weighted by molar-refractivity contribution is 6.11. The van der Waals surface area contributed by atoms with Crippen molar-refractivity contribution in [2.24, 2.45) is 0 Å². The van der Waals surface area contributed by atoms with Crippen LogP contribution in [0.5, 0.6) is 0 Å². The maximum Gasteiger partial charge on any atom is 0.135 e. The van der Waals surface area contributed by atoms with Gasteiger partial charge in [-0.15, -0.1) is 0 Å². The van der Waals surface area contributed by atoms with E-state index >= 15 is 0 Å². The number of benzene rings is 6. The van der Waals surface area contributed by atoms with Gasteiger partial charge in [-0.05, 0) is 94.0 Å². The van der Waals surface area contributed by atoms with Gasteiger partial charge in [-0.2, -0.15) is 0 Å². The van der Waals surface area contributed by atoms with E-state index in [4.69, 9.17) is 4.42 Å². The molecule has 0 bridgehead atoms. The maximum absolute atomic E-state index is 6.39. The van der Waals surface area contributed by atoms with E-state index in [9.17, 15) is 0 Å². The Morgan fingerprint density at radius 1 is 0.486 bits per heavy atom. The Hall–Kier alpha value is -4.82. The average molecular weight is 474 g/mol. The molecule has 0 amide bonds. The number of para-hydroxylation sites is 2. The van der Waals surface area contributed by atoms with Crippen LogP contribution in [0.25, 0.3) is 43.8 Å². The fourth-order valence-corrected chi connectivity index (χ4v) is 5.96. The summed E-state index contributed by atoms with van der Waals surface area (Å²) >= 11 is 0. The van der Waals surface area contributed by atoms with Crippen molar-refractivity contribution in [3.05, 3.63) is 139 Å². The van der Waals surface area contributed by atoms with Gasteiger partial charge in [-0.25, -0.2) is 0 Å². The summed E-state index contributed by atoms with van der Waals surface area (Å²) in [4.78, 5) is 2.30. The summed E-state index contributed by atoms with van der Waals surface area (Å²) in [5, 5.41) is 4.92. The second-order valence-electron chi connectivity index (χ2n) is 9.79. The minimum atomic E-state index is 0.918. The van der Waals surface area contributed by atoms with Crippen LogP contribution in [0.4, 0.5) is 17.1 Å². The van der Waals surface area contributed by atoms with E-state index in [0.29, 0.717) is 0 Å². The summed E-state index contributed by atoms with van der Waals surface area (Å²) < 4.78 is 6.39. The fraction of sp³-hybridized carbons (Fsp3) is 0.0286. The summed E-state index contributed by atoms with van der Waals surface area (Å²) in [6.07, 6.45) is 0.948. The molecule has 0 fully saturated rings. The van der Waals surface area contributed by atoms with Crippen molar-refractivity contribution >= 4 is 49.8 Å². The monoisotopic (exact) mass is 473 g/mol. The van der Waals surface area contributed by atoms with Crippen LogP contribution in [0.2, 0.25) is 0 Å². The number of fused-ring (bicyclic) bond motifs is 8. The van der Waals surface area contributed by atoms with Gasteiger partial charge in [0.1, 0.15) is 11.2 Å². The molecule has 0 atom stereocenters. The third-order valence-corrected chi connectivity index (χ3v) is 7.63. The molecule has 0 saturated heterocycles. The highest BCUT2D eigenvalue weighted by atomic mass is 16.3. The van der Waals surface area contributed by atoms with Crippen LogP contribution in [0.1, 0.15) is 11.1 Å². The lowest BCUT2D eigenvalue weighted by Gasteiger charge is -2.25. The zero-order valence-corrected chi connectivity index (χ0v) is 20.2. The second kappa shape index (κ2) is 7.84. The third kappa shape index (κ3) is 3.12. The van der Waals surface area contributed by atoms with Crippen LogP contribution in [-0.2, 0) is 6.42 Å². The minimum Gasteiger partial charge on any atom is -0.456 e. The van der Waals surface area contributed by atoms with Crippen molar-refractivity contribution < 1.29 is 4.42 Å². The van der Waals surface area contributed by atoms with Gasteiger partial charge in [-0.1, -0.05) is 72.8 Å². The van der Waals surface area contributed by atoms with Gasteiger partial charge >= 0.3 is 0 Å². The lowest BCUT2D eigenvalue weighted by Crippen LogP contribution is -2.09. The normalized spacial score (nSPS) is 12.2. The smallest absolute Gasteiger partial charge is 0.135 e. The zero-order valence-electron chi connectivity index (χ0n) is 20.2.